The SMILES string of the molecule is CC[C@@H]1CN2CC[C@H]1C[C@@H]2CNCc1ccccc1. The van der Waals surface area contributed by atoms with Crippen LogP contribution in [0.1, 0.15) is 31.7 Å². The summed E-state index contributed by atoms with van der Waals surface area (Å²) in [4.78, 5) is 2.73. The number of rotatable bonds is 5. The first kappa shape index (κ1) is 13.1. The van der Waals surface area contributed by atoms with Crippen molar-refractivity contribution in [1.29, 1.82) is 0 Å². The lowest BCUT2D eigenvalue weighted by Gasteiger charge is -2.50. The van der Waals surface area contributed by atoms with Crippen LogP contribution in [0.2, 0.25) is 0 Å². The molecule has 104 valence electrons. The number of nitrogens with one attached hydrogen (secondary N) is 1. The molecule has 3 aliphatic rings. The maximum atomic E-state index is 3.65. The third kappa shape index (κ3) is 3.01. The molecule has 0 aromatic heterocycles. The molecule has 3 fully saturated rings. The molecule has 1 N–H and O–H groups in total. The third-order valence-corrected chi connectivity index (χ3v) is 5.09. The second-order valence-corrected chi connectivity index (χ2v) is 6.22. The van der Waals surface area contributed by atoms with Crippen molar-refractivity contribution in [2.24, 2.45) is 11.8 Å². The fourth-order valence-corrected chi connectivity index (χ4v) is 3.90. The van der Waals surface area contributed by atoms with Crippen molar-refractivity contribution in [3.8, 4) is 0 Å². The highest BCUT2D eigenvalue weighted by Gasteiger charge is 2.38. The third-order valence-electron chi connectivity index (χ3n) is 5.09. The second-order valence-electron chi connectivity index (χ2n) is 6.22. The van der Waals surface area contributed by atoms with Crippen molar-refractivity contribution in [1.82, 2.24) is 10.2 Å². The first-order valence-corrected chi connectivity index (χ1v) is 7.85. The van der Waals surface area contributed by atoms with Crippen LogP contribution in [0, 0.1) is 11.8 Å². The molecule has 1 aromatic carbocycles. The molecule has 0 radical (unpaired) electrons. The monoisotopic (exact) mass is 258 g/mol. The zero-order valence-electron chi connectivity index (χ0n) is 12.0. The van der Waals surface area contributed by atoms with Crippen LogP contribution in [0.15, 0.2) is 30.3 Å². The molecule has 0 aliphatic carbocycles. The minimum Gasteiger partial charge on any atom is -0.311 e. The Morgan fingerprint density at radius 1 is 1.26 bits per heavy atom. The second kappa shape index (κ2) is 6.06. The molecular weight excluding hydrogens is 232 g/mol. The lowest BCUT2D eigenvalue weighted by Crippen LogP contribution is -2.56. The minimum atomic E-state index is 0.783. The molecule has 2 heteroatoms. The predicted molar refractivity (Wildman–Crippen MR) is 80.0 cm³/mol. The number of hydrogen-bond donors (Lipinski definition) is 1. The van der Waals surface area contributed by atoms with Crippen LogP contribution in [0.5, 0.6) is 0 Å². The van der Waals surface area contributed by atoms with E-state index >= 15 is 0 Å². The van der Waals surface area contributed by atoms with E-state index in [1.807, 2.05) is 0 Å². The molecule has 0 saturated carbocycles. The smallest absolute Gasteiger partial charge is 0.0223 e. The Hall–Kier alpha value is -0.860. The fraction of sp³-hybridized carbons (Fsp3) is 0.647. The molecule has 0 amide bonds. The van der Waals surface area contributed by atoms with Gasteiger partial charge in [-0.25, -0.2) is 0 Å². The quantitative estimate of drug-likeness (QED) is 0.873. The van der Waals surface area contributed by atoms with Crippen LogP contribution in [0.25, 0.3) is 0 Å². The Kier molecular flexibility index (Phi) is 4.19. The van der Waals surface area contributed by atoms with Gasteiger partial charge in [-0.05, 0) is 36.8 Å². The number of piperidine rings is 3. The van der Waals surface area contributed by atoms with Gasteiger partial charge in [-0.15, -0.1) is 0 Å². The van der Waals surface area contributed by atoms with Crippen molar-refractivity contribution in [3.05, 3.63) is 35.9 Å². The van der Waals surface area contributed by atoms with Crippen molar-refractivity contribution < 1.29 is 0 Å². The van der Waals surface area contributed by atoms with Gasteiger partial charge in [0.05, 0.1) is 0 Å². The maximum absolute atomic E-state index is 3.65. The first-order chi connectivity index (χ1) is 9.36. The van der Waals surface area contributed by atoms with Gasteiger partial charge < -0.3 is 5.32 Å². The zero-order chi connectivity index (χ0) is 13.1. The highest BCUT2D eigenvalue weighted by molar-refractivity contribution is 5.14. The van der Waals surface area contributed by atoms with Crippen LogP contribution in [0.4, 0.5) is 0 Å². The van der Waals surface area contributed by atoms with E-state index in [0.29, 0.717) is 0 Å². The summed E-state index contributed by atoms with van der Waals surface area (Å²) >= 11 is 0. The van der Waals surface area contributed by atoms with Crippen LogP contribution in [-0.2, 0) is 6.54 Å². The maximum Gasteiger partial charge on any atom is 0.0223 e. The lowest BCUT2D eigenvalue weighted by atomic mass is 9.74. The summed E-state index contributed by atoms with van der Waals surface area (Å²) in [6, 6.07) is 11.5. The number of fused-ring (bicyclic) bond motifs is 3. The summed E-state index contributed by atoms with van der Waals surface area (Å²) in [5, 5.41) is 3.65. The zero-order valence-corrected chi connectivity index (χ0v) is 12.0. The summed E-state index contributed by atoms with van der Waals surface area (Å²) < 4.78 is 0. The average Bonchev–Trinajstić information content (AvgIpc) is 2.49. The van der Waals surface area contributed by atoms with E-state index < -0.39 is 0 Å². The average molecular weight is 258 g/mol. The van der Waals surface area contributed by atoms with Gasteiger partial charge >= 0.3 is 0 Å². The standard InChI is InChI=1S/C17H26N2/c1-2-15-13-19-9-8-16(15)10-17(19)12-18-11-14-6-4-3-5-7-14/h3-7,15-18H,2,8-13H2,1H3/t15-,16+,17-/m1/s1. The molecule has 2 nitrogen and oxygen atoms in total. The molecule has 4 rings (SSSR count). The van der Waals surface area contributed by atoms with Crippen molar-refractivity contribution in [3.63, 3.8) is 0 Å². The summed E-state index contributed by atoms with van der Waals surface area (Å²) in [6.07, 6.45) is 4.22. The Labute approximate surface area is 117 Å². The fourth-order valence-electron chi connectivity index (χ4n) is 3.90. The van der Waals surface area contributed by atoms with Gasteiger partial charge in [-0.2, -0.15) is 0 Å². The Balaban J connectivity index is 1.47. The summed E-state index contributed by atoms with van der Waals surface area (Å²) in [5.41, 5.74) is 1.39. The van der Waals surface area contributed by atoms with Crippen molar-refractivity contribution in [2.75, 3.05) is 19.6 Å². The number of benzene rings is 1. The lowest BCUT2D eigenvalue weighted by molar-refractivity contribution is 0.000333. The number of hydrogen-bond acceptors (Lipinski definition) is 2. The summed E-state index contributed by atoms with van der Waals surface area (Å²) in [5.74, 6) is 1.97. The van der Waals surface area contributed by atoms with Gasteiger partial charge in [-0.3, -0.25) is 4.90 Å². The van der Waals surface area contributed by atoms with E-state index in [9.17, 15) is 0 Å². The summed E-state index contributed by atoms with van der Waals surface area (Å²) in [7, 11) is 0. The minimum absolute atomic E-state index is 0.783. The van der Waals surface area contributed by atoms with Gasteiger partial charge in [-0.1, -0.05) is 43.7 Å². The molecule has 4 atom stereocenters. The normalized spacial score (nSPS) is 33.5. The topological polar surface area (TPSA) is 15.3 Å². The molecule has 0 spiro atoms. The Morgan fingerprint density at radius 2 is 2.11 bits per heavy atom. The highest BCUT2D eigenvalue weighted by atomic mass is 15.2. The van der Waals surface area contributed by atoms with Gasteiger partial charge in [0.15, 0.2) is 0 Å². The van der Waals surface area contributed by atoms with Crippen LogP contribution in [0.3, 0.4) is 0 Å². The van der Waals surface area contributed by atoms with E-state index in [2.05, 4.69) is 47.5 Å². The molecule has 3 heterocycles. The molecule has 3 aliphatic heterocycles. The molecule has 2 bridgehead atoms. The van der Waals surface area contributed by atoms with Crippen LogP contribution >= 0.6 is 0 Å². The number of nitrogens with zero attached hydrogens (tertiary/aromatic N) is 1. The first-order valence-electron chi connectivity index (χ1n) is 7.85. The molecule has 1 aromatic rings. The molecule has 1 unspecified atom stereocenters. The van der Waals surface area contributed by atoms with Crippen LogP contribution < -0.4 is 5.32 Å². The van der Waals surface area contributed by atoms with E-state index in [0.717, 1.165) is 31.0 Å². The van der Waals surface area contributed by atoms with Gasteiger partial charge in [0.25, 0.3) is 0 Å². The van der Waals surface area contributed by atoms with E-state index in [1.165, 1.54) is 37.9 Å². The Morgan fingerprint density at radius 3 is 2.79 bits per heavy atom. The van der Waals surface area contributed by atoms with Gasteiger partial charge in [0.1, 0.15) is 0 Å². The van der Waals surface area contributed by atoms with Gasteiger partial charge in [0.2, 0.25) is 0 Å². The van der Waals surface area contributed by atoms with Gasteiger partial charge in [0, 0.05) is 25.7 Å². The van der Waals surface area contributed by atoms with E-state index in [1.54, 1.807) is 0 Å². The van der Waals surface area contributed by atoms with Crippen molar-refractivity contribution in [2.45, 2.75) is 38.8 Å². The van der Waals surface area contributed by atoms with E-state index in [4.69, 9.17) is 0 Å². The molecule has 19 heavy (non-hydrogen) atoms. The largest absolute Gasteiger partial charge is 0.311 e. The molecular formula is C17H26N2. The predicted octanol–water partition coefficient (Wildman–Crippen LogP) is 2.90. The van der Waals surface area contributed by atoms with Crippen molar-refractivity contribution >= 4 is 0 Å². The Bertz CT molecular complexity index is 390. The summed E-state index contributed by atoms with van der Waals surface area (Å²) in [6.45, 7) is 7.20. The molecule has 3 saturated heterocycles. The van der Waals surface area contributed by atoms with Crippen LogP contribution in [-0.4, -0.2) is 30.6 Å². The van der Waals surface area contributed by atoms with E-state index in [-0.39, 0.29) is 0 Å². The highest BCUT2D eigenvalue weighted by Crippen LogP contribution is 2.37.